The number of Topliss-reactive ketones (excluding diaryl/α,β-unsaturated/α-hetero) is 1. The van der Waals surface area contributed by atoms with Crippen molar-refractivity contribution in [1.82, 2.24) is 4.98 Å². The molecule has 1 saturated heterocycles. The quantitative estimate of drug-likeness (QED) is 0.784. The van der Waals surface area contributed by atoms with Crippen LogP contribution >= 0.6 is 0 Å². The molecule has 1 atom stereocenters. The van der Waals surface area contributed by atoms with Crippen LogP contribution < -0.4 is 0 Å². The van der Waals surface area contributed by atoms with Crippen LogP contribution in [0.4, 0.5) is 0 Å². The number of pyridine rings is 1. The van der Waals surface area contributed by atoms with Gasteiger partial charge in [-0.05, 0) is 37.3 Å². The van der Waals surface area contributed by atoms with Crippen molar-refractivity contribution < 1.29 is 9.53 Å². The van der Waals surface area contributed by atoms with Crippen LogP contribution in [0, 0.1) is 0 Å². The van der Waals surface area contributed by atoms with Crippen molar-refractivity contribution in [2.45, 2.75) is 44.6 Å². The van der Waals surface area contributed by atoms with E-state index in [1.807, 2.05) is 12.1 Å². The minimum atomic E-state index is 0.284. The second-order valence-electron chi connectivity index (χ2n) is 4.60. The zero-order chi connectivity index (χ0) is 11.9. The molecular weight excluding hydrogens is 214 g/mol. The first-order valence-electron chi connectivity index (χ1n) is 6.37. The molecule has 1 aromatic rings. The first-order valence-corrected chi connectivity index (χ1v) is 6.37. The van der Waals surface area contributed by atoms with Gasteiger partial charge in [-0.1, -0.05) is 6.07 Å². The van der Waals surface area contributed by atoms with Gasteiger partial charge in [0.2, 0.25) is 0 Å². The number of ether oxygens (including phenoxy) is 1. The summed E-state index contributed by atoms with van der Waals surface area (Å²) >= 11 is 0. The summed E-state index contributed by atoms with van der Waals surface area (Å²) in [5, 5.41) is 0. The summed E-state index contributed by atoms with van der Waals surface area (Å²) in [5.74, 6) is 0.284. The molecule has 1 fully saturated rings. The molecule has 92 valence electrons. The molecule has 3 heteroatoms. The van der Waals surface area contributed by atoms with E-state index in [1.165, 1.54) is 12.8 Å². The minimum absolute atomic E-state index is 0.284. The van der Waals surface area contributed by atoms with E-state index in [4.69, 9.17) is 4.74 Å². The smallest absolute Gasteiger partial charge is 0.137 e. The molecule has 3 nitrogen and oxygen atoms in total. The normalized spacial score (nSPS) is 20.1. The molecule has 0 aliphatic carbocycles. The van der Waals surface area contributed by atoms with Crippen LogP contribution in [-0.4, -0.2) is 23.5 Å². The Morgan fingerprint density at radius 3 is 3.12 bits per heavy atom. The van der Waals surface area contributed by atoms with Gasteiger partial charge in [-0.15, -0.1) is 0 Å². The molecule has 0 radical (unpaired) electrons. The Morgan fingerprint density at radius 1 is 1.47 bits per heavy atom. The molecule has 1 aliphatic heterocycles. The summed E-state index contributed by atoms with van der Waals surface area (Å²) in [7, 11) is 0. The fourth-order valence-electron chi connectivity index (χ4n) is 2.18. The van der Waals surface area contributed by atoms with Gasteiger partial charge < -0.3 is 4.74 Å². The second kappa shape index (κ2) is 6.50. The highest BCUT2D eigenvalue weighted by Gasteiger charge is 2.15. The number of aromatic nitrogens is 1. The molecule has 0 aromatic carbocycles. The fraction of sp³-hybridized carbons (Fsp3) is 0.571. The molecule has 0 saturated carbocycles. The number of ketones is 1. The monoisotopic (exact) mass is 233 g/mol. The molecule has 1 unspecified atom stereocenters. The van der Waals surface area contributed by atoms with Crippen molar-refractivity contribution in [3.63, 3.8) is 0 Å². The number of hydrogen-bond donors (Lipinski definition) is 0. The lowest BCUT2D eigenvalue weighted by molar-refractivity contribution is -0.119. The van der Waals surface area contributed by atoms with Crippen molar-refractivity contribution in [2.75, 3.05) is 6.61 Å². The van der Waals surface area contributed by atoms with Crippen molar-refractivity contribution in [3.8, 4) is 0 Å². The van der Waals surface area contributed by atoms with E-state index in [0.29, 0.717) is 18.9 Å². The molecule has 1 aromatic heterocycles. The van der Waals surface area contributed by atoms with Crippen LogP contribution in [0.15, 0.2) is 24.5 Å². The second-order valence-corrected chi connectivity index (χ2v) is 4.60. The Bertz CT molecular complexity index is 344. The van der Waals surface area contributed by atoms with E-state index < -0.39 is 0 Å². The number of carbonyl (C=O) groups is 1. The number of rotatable bonds is 5. The summed E-state index contributed by atoms with van der Waals surface area (Å²) in [6.45, 7) is 0.863. The minimum Gasteiger partial charge on any atom is -0.378 e. The van der Waals surface area contributed by atoms with Gasteiger partial charge in [0.25, 0.3) is 0 Å². The summed E-state index contributed by atoms with van der Waals surface area (Å²) < 4.78 is 5.61. The highest BCUT2D eigenvalue weighted by atomic mass is 16.5. The van der Waals surface area contributed by atoms with Crippen molar-refractivity contribution in [2.24, 2.45) is 0 Å². The first-order chi connectivity index (χ1) is 8.34. The molecule has 2 heterocycles. The fourth-order valence-corrected chi connectivity index (χ4v) is 2.18. The van der Waals surface area contributed by atoms with E-state index >= 15 is 0 Å². The summed E-state index contributed by atoms with van der Waals surface area (Å²) in [5.41, 5.74) is 1.00. The highest BCUT2D eigenvalue weighted by Crippen LogP contribution is 2.17. The number of nitrogens with zero attached hydrogens (tertiary/aromatic N) is 1. The predicted molar refractivity (Wildman–Crippen MR) is 65.8 cm³/mol. The maximum Gasteiger partial charge on any atom is 0.137 e. The Kier molecular flexibility index (Phi) is 4.68. The molecule has 2 rings (SSSR count). The van der Waals surface area contributed by atoms with Crippen LogP contribution in [0.2, 0.25) is 0 Å². The molecule has 0 N–H and O–H groups in total. The molecule has 17 heavy (non-hydrogen) atoms. The SMILES string of the molecule is O=C(CCC1CCCCO1)Cc1cccnc1. The third kappa shape index (κ3) is 4.27. The van der Waals surface area contributed by atoms with E-state index in [0.717, 1.165) is 25.0 Å². The van der Waals surface area contributed by atoms with Crippen LogP contribution in [0.1, 0.15) is 37.7 Å². The van der Waals surface area contributed by atoms with Gasteiger partial charge >= 0.3 is 0 Å². The average molecular weight is 233 g/mol. The first kappa shape index (κ1) is 12.2. The van der Waals surface area contributed by atoms with Crippen molar-refractivity contribution in [1.29, 1.82) is 0 Å². The molecule has 0 spiro atoms. The van der Waals surface area contributed by atoms with E-state index in [-0.39, 0.29) is 5.78 Å². The standard InChI is InChI=1S/C14H19NO2/c16-13(10-12-4-3-8-15-11-12)6-7-14-5-1-2-9-17-14/h3-4,8,11,14H,1-2,5-7,9-10H2. The van der Waals surface area contributed by atoms with Gasteiger partial charge in [0.05, 0.1) is 6.10 Å². The third-order valence-corrected chi connectivity index (χ3v) is 3.14. The molecule has 0 bridgehead atoms. The lowest BCUT2D eigenvalue weighted by Crippen LogP contribution is -2.20. The van der Waals surface area contributed by atoms with Gasteiger partial charge in [-0.2, -0.15) is 0 Å². The molecule has 1 aliphatic rings. The van der Waals surface area contributed by atoms with E-state index in [9.17, 15) is 4.79 Å². The largest absolute Gasteiger partial charge is 0.378 e. The highest BCUT2D eigenvalue weighted by molar-refractivity contribution is 5.80. The molecule has 0 amide bonds. The van der Waals surface area contributed by atoms with E-state index in [1.54, 1.807) is 12.4 Å². The Morgan fingerprint density at radius 2 is 2.41 bits per heavy atom. The van der Waals surface area contributed by atoms with Gasteiger partial charge in [0.15, 0.2) is 0 Å². The Labute approximate surface area is 102 Å². The van der Waals surface area contributed by atoms with Crippen molar-refractivity contribution >= 4 is 5.78 Å². The maximum absolute atomic E-state index is 11.8. The van der Waals surface area contributed by atoms with Crippen LogP contribution in [0.25, 0.3) is 0 Å². The summed E-state index contributed by atoms with van der Waals surface area (Å²) in [4.78, 5) is 15.8. The zero-order valence-electron chi connectivity index (χ0n) is 10.1. The lowest BCUT2D eigenvalue weighted by atomic mass is 10.0. The molecular formula is C14H19NO2. The maximum atomic E-state index is 11.8. The predicted octanol–water partition coefficient (Wildman–Crippen LogP) is 2.54. The topological polar surface area (TPSA) is 39.2 Å². The van der Waals surface area contributed by atoms with Crippen LogP contribution in [0.5, 0.6) is 0 Å². The lowest BCUT2D eigenvalue weighted by Gasteiger charge is -2.22. The summed E-state index contributed by atoms with van der Waals surface area (Å²) in [6.07, 6.45) is 9.31. The van der Waals surface area contributed by atoms with Gasteiger partial charge in [-0.3, -0.25) is 9.78 Å². The van der Waals surface area contributed by atoms with Gasteiger partial charge in [0.1, 0.15) is 5.78 Å². The van der Waals surface area contributed by atoms with Crippen LogP contribution in [0.3, 0.4) is 0 Å². The zero-order valence-corrected chi connectivity index (χ0v) is 10.1. The summed E-state index contributed by atoms with van der Waals surface area (Å²) in [6, 6.07) is 3.81. The van der Waals surface area contributed by atoms with Gasteiger partial charge in [-0.25, -0.2) is 0 Å². The van der Waals surface area contributed by atoms with E-state index in [2.05, 4.69) is 4.98 Å². The van der Waals surface area contributed by atoms with Gasteiger partial charge in [0, 0.05) is 31.8 Å². The number of hydrogen-bond acceptors (Lipinski definition) is 3. The Balaban J connectivity index is 1.70. The Hall–Kier alpha value is -1.22. The third-order valence-electron chi connectivity index (χ3n) is 3.14. The number of carbonyl (C=O) groups excluding carboxylic acids is 1. The van der Waals surface area contributed by atoms with Crippen LogP contribution in [-0.2, 0) is 16.0 Å². The average Bonchev–Trinajstić information content (AvgIpc) is 2.39. The van der Waals surface area contributed by atoms with Crippen molar-refractivity contribution in [3.05, 3.63) is 30.1 Å².